The average Bonchev–Trinajstić information content (AvgIpc) is 2.40. The Labute approximate surface area is 132 Å². The zero-order chi connectivity index (χ0) is 15.7. The van der Waals surface area contributed by atoms with Crippen LogP contribution < -0.4 is 10.5 Å². The third-order valence-corrected chi connectivity index (χ3v) is 3.85. The van der Waals surface area contributed by atoms with E-state index >= 15 is 0 Å². The minimum absolute atomic E-state index is 0.0461. The first-order valence-corrected chi connectivity index (χ1v) is 7.35. The number of aromatic hydroxyl groups is 1. The van der Waals surface area contributed by atoms with E-state index in [0.29, 0.717) is 21.9 Å². The molecule has 0 aliphatic carbocycles. The van der Waals surface area contributed by atoms with Gasteiger partial charge in [-0.1, -0.05) is 13.8 Å². The summed E-state index contributed by atoms with van der Waals surface area (Å²) in [5, 5.41) is 9.86. The second-order valence-electron chi connectivity index (χ2n) is 5.10. The molecule has 0 spiro atoms. The zero-order valence-corrected chi connectivity index (χ0v) is 14.0. The molecule has 3 N–H and O–H groups in total. The van der Waals surface area contributed by atoms with E-state index in [0.717, 1.165) is 16.8 Å². The number of halogens is 1. The van der Waals surface area contributed by atoms with Crippen LogP contribution in [0.4, 0.5) is 5.82 Å². The Hall–Kier alpha value is -1.82. The fourth-order valence-electron chi connectivity index (χ4n) is 2.30. The highest BCUT2D eigenvalue weighted by Gasteiger charge is 2.16. The van der Waals surface area contributed by atoms with Crippen molar-refractivity contribution in [2.24, 2.45) is 0 Å². The third kappa shape index (κ3) is 2.95. The number of phenolic OH excluding ortho intramolecular Hbond substituents is 1. The van der Waals surface area contributed by atoms with Crippen molar-refractivity contribution < 1.29 is 9.84 Å². The van der Waals surface area contributed by atoms with E-state index in [9.17, 15) is 5.11 Å². The Bertz CT molecular complexity index is 664. The Morgan fingerprint density at radius 1 is 1.29 bits per heavy atom. The van der Waals surface area contributed by atoms with Gasteiger partial charge in [-0.05, 0) is 40.9 Å². The molecule has 0 bridgehead atoms. The van der Waals surface area contributed by atoms with Gasteiger partial charge in [0.15, 0.2) is 17.3 Å². The van der Waals surface area contributed by atoms with Gasteiger partial charge in [0.2, 0.25) is 0 Å². The molecule has 6 heteroatoms. The van der Waals surface area contributed by atoms with E-state index in [1.165, 1.54) is 7.11 Å². The second kappa shape index (κ2) is 5.89. The Morgan fingerprint density at radius 2 is 1.95 bits per heavy atom. The number of nitrogens with zero attached hydrogens (tertiary/aromatic N) is 2. The largest absolute Gasteiger partial charge is 0.503 e. The van der Waals surface area contributed by atoms with E-state index in [2.05, 4.69) is 39.7 Å². The highest BCUT2D eigenvalue weighted by atomic mass is 79.9. The first-order valence-electron chi connectivity index (χ1n) is 6.56. The van der Waals surface area contributed by atoms with Gasteiger partial charge in [0.05, 0.1) is 11.6 Å². The summed E-state index contributed by atoms with van der Waals surface area (Å²) in [7, 11) is 1.49. The number of aryl methyl sites for hydroxylation is 1. The number of methoxy groups -OCH3 is 1. The van der Waals surface area contributed by atoms with E-state index in [1.54, 1.807) is 12.1 Å². The summed E-state index contributed by atoms with van der Waals surface area (Å²) < 4.78 is 5.66. The Kier molecular flexibility index (Phi) is 4.37. The van der Waals surface area contributed by atoms with Crippen molar-refractivity contribution in [3.63, 3.8) is 0 Å². The molecule has 0 saturated carbocycles. The highest BCUT2D eigenvalue weighted by molar-refractivity contribution is 9.10. The molecule has 21 heavy (non-hydrogen) atoms. The summed E-state index contributed by atoms with van der Waals surface area (Å²) in [6.45, 7) is 6.04. The van der Waals surface area contributed by atoms with Gasteiger partial charge in [-0.2, -0.15) is 0 Å². The van der Waals surface area contributed by atoms with Crippen molar-refractivity contribution in [3.05, 3.63) is 27.9 Å². The van der Waals surface area contributed by atoms with Gasteiger partial charge >= 0.3 is 0 Å². The molecule has 0 aliphatic rings. The molecule has 2 aromatic rings. The van der Waals surface area contributed by atoms with Crippen LogP contribution in [0.2, 0.25) is 0 Å². The fourth-order valence-corrected chi connectivity index (χ4v) is 2.75. The number of hydrogen-bond donors (Lipinski definition) is 2. The fraction of sp³-hybridized carbons (Fsp3) is 0.333. The number of hydrogen-bond acceptors (Lipinski definition) is 5. The van der Waals surface area contributed by atoms with Crippen LogP contribution in [0.1, 0.15) is 31.0 Å². The number of rotatable bonds is 3. The number of aromatic nitrogens is 2. The van der Waals surface area contributed by atoms with E-state index in [1.807, 2.05) is 6.92 Å². The van der Waals surface area contributed by atoms with Crippen LogP contribution in [0, 0.1) is 6.92 Å². The molecule has 5 nitrogen and oxygen atoms in total. The lowest BCUT2D eigenvalue weighted by molar-refractivity contribution is 0.372. The minimum atomic E-state index is 0.0461. The molecule has 1 heterocycles. The highest BCUT2D eigenvalue weighted by Crippen LogP contribution is 2.38. The first-order chi connectivity index (χ1) is 9.85. The quantitative estimate of drug-likeness (QED) is 0.882. The predicted molar refractivity (Wildman–Crippen MR) is 86.6 cm³/mol. The van der Waals surface area contributed by atoms with Crippen LogP contribution in [0.15, 0.2) is 16.6 Å². The maximum atomic E-state index is 9.86. The molecule has 0 aliphatic heterocycles. The molecule has 0 amide bonds. The van der Waals surface area contributed by atoms with Crippen molar-refractivity contribution in [3.8, 4) is 22.9 Å². The number of benzene rings is 1. The zero-order valence-electron chi connectivity index (χ0n) is 12.4. The van der Waals surface area contributed by atoms with Gasteiger partial charge in [0.25, 0.3) is 0 Å². The number of nitrogen functional groups attached to an aromatic ring is 1. The molecule has 0 fully saturated rings. The standard InChI is InChI=1S/C15H18BrN3O2/c1-7(2)12-8(3)18-15(19-14(12)17)9-5-10(16)13(20)11(6-9)21-4/h5-7,20H,1-4H3,(H2,17,18,19). The SMILES string of the molecule is COc1cc(-c2nc(C)c(C(C)C)c(N)n2)cc(Br)c1O. The summed E-state index contributed by atoms with van der Waals surface area (Å²) in [4.78, 5) is 8.90. The van der Waals surface area contributed by atoms with Gasteiger partial charge < -0.3 is 15.6 Å². The lowest BCUT2D eigenvalue weighted by Gasteiger charge is -2.14. The van der Waals surface area contributed by atoms with Crippen LogP contribution in [-0.2, 0) is 0 Å². The molecular weight excluding hydrogens is 334 g/mol. The van der Waals surface area contributed by atoms with Crippen LogP contribution in [0.25, 0.3) is 11.4 Å². The number of anilines is 1. The van der Waals surface area contributed by atoms with Crippen molar-refractivity contribution >= 4 is 21.7 Å². The number of nitrogens with two attached hydrogens (primary N) is 1. The lowest BCUT2D eigenvalue weighted by atomic mass is 10.0. The van der Waals surface area contributed by atoms with E-state index in [4.69, 9.17) is 10.5 Å². The van der Waals surface area contributed by atoms with Gasteiger partial charge in [-0.3, -0.25) is 0 Å². The monoisotopic (exact) mass is 351 g/mol. The van der Waals surface area contributed by atoms with Crippen LogP contribution in [0.3, 0.4) is 0 Å². The van der Waals surface area contributed by atoms with Crippen LogP contribution >= 0.6 is 15.9 Å². The topological polar surface area (TPSA) is 81.3 Å². The molecule has 0 atom stereocenters. The maximum absolute atomic E-state index is 9.86. The second-order valence-corrected chi connectivity index (χ2v) is 5.95. The van der Waals surface area contributed by atoms with Gasteiger partial charge in [-0.25, -0.2) is 9.97 Å². The number of phenols is 1. The van der Waals surface area contributed by atoms with Crippen molar-refractivity contribution in [2.45, 2.75) is 26.7 Å². The third-order valence-electron chi connectivity index (χ3n) is 3.25. The normalized spacial score (nSPS) is 11.0. The summed E-state index contributed by atoms with van der Waals surface area (Å²) in [6.07, 6.45) is 0. The van der Waals surface area contributed by atoms with E-state index in [-0.39, 0.29) is 11.7 Å². The van der Waals surface area contributed by atoms with Crippen molar-refractivity contribution in [1.29, 1.82) is 0 Å². The van der Waals surface area contributed by atoms with Gasteiger partial charge in [0, 0.05) is 16.8 Å². The lowest BCUT2D eigenvalue weighted by Crippen LogP contribution is -2.06. The van der Waals surface area contributed by atoms with Crippen molar-refractivity contribution in [2.75, 3.05) is 12.8 Å². The van der Waals surface area contributed by atoms with Gasteiger partial charge in [-0.15, -0.1) is 0 Å². The summed E-state index contributed by atoms with van der Waals surface area (Å²) in [5.41, 5.74) is 8.60. The Morgan fingerprint density at radius 3 is 2.48 bits per heavy atom. The van der Waals surface area contributed by atoms with Crippen molar-refractivity contribution in [1.82, 2.24) is 9.97 Å². The molecule has 0 saturated heterocycles. The molecule has 1 aromatic heterocycles. The number of ether oxygens (including phenoxy) is 1. The van der Waals surface area contributed by atoms with Crippen LogP contribution in [0.5, 0.6) is 11.5 Å². The molecule has 1 aromatic carbocycles. The summed E-state index contributed by atoms with van der Waals surface area (Å²) in [5.74, 6) is 1.65. The average molecular weight is 352 g/mol. The Balaban J connectivity index is 2.60. The smallest absolute Gasteiger partial charge is 0.172 e. The molecule has 112 valence electrons. The summed E-state index contributed by atoms with van der Waals surface area (Å²) in [6, 6.07) is 3.42. The summed E-state index contributed by atoms with van der Waals surface area (Å²) >= 11 is 3.29. The maximum Gasteiger partial charge on any atom is 0.172 e. The molecule has 0 unspecified atom stereocenters. The molecule has 2 rings (SSSR count). The van der Waals surface area contributed by atoms with Gasteiger partial charge in [0.1, 0.15) is 5.82 Å². The van der Waals surface area contributed by atoms with E-state index < -0.39 is 0 Å². The minimum Gasteiger partial charge on any atom is -0.503 e. The molecular formula is C15H18BrN3O2. The molecule has 0 radical (unpaired) electrons. The predicted octanol–water partition coefficient (Wildman–Crippen LogP) is 3.63. The first kappa shape index (κ1) is 15.6. The van der Waals surface area contributed by atoms with Crippen LogP contribution in [-0.4, -0.2) is 22.2 Å².